The minimum atomic E-state index is -0.0302. The molecule has 23 heavy (non-hydrogen) atoms. The molecule has 0 spiro atoms. The lowest BCUT2D eigenvalue weighted by Gasteiger charge is -2.09. The maximum atomic E-state index is 12.1. The van der Waals surface area contributed by atoms with Crippen molar-refractivity contribution in [2.75, 3.05) is 11.1 Å². The summed E-state index contributed by atoms with van der Waals surface area (Å²) >= 11 is 1.44. The molecule has 0 atom stereocenters. The van der Waals surface area contributed by atoms with Gasteiger partial charge in [0.1, 0.15) is 11.1 Å². The number of hydrogen-bond donors (Lipinski definition) is 1. The Hall–Kier alpha value is -2.32. The first-order valence-corrected chi connectivity index (χ1v) is 8.36. The van der Waals surface area contributed by atoms with E-state index in [2.05, 4.69) is 16.4 Å². The van der Waals surface area contributed by atoms with E-state index < -0.39 is 0 Å². The first-order chi connectivity index (χ1) is 11.0. The molecule has 2 rings (SSSR count). The Bertz CT molecular complexity index is 765. The molecule has 1 aromatic heterocycles. The molecule has 0 aliphatic rings. The molecule has 1 amide bonds. The Morgan fingerprint density at radius 3 is 2.78 bits per heavy atom. The van der Waals surface area contributed by atoms with E-state index in [-0.39, 0.29) is 5.91 Å². The summed E-state index contributed by atoms with van der Waals surface area (Å²) in [5, 5.41) is 12.7. The highest BCUT2D eigenvalue weighted by Crippen LogP contribution is 2.22. The van der Waals surface area contributed by atoms with E-state index in [1.54, 1.807) is 6.07 Å². The number of carbonyl (C=O) groups excluding carboxylic acids is 1. The highest BCUT2D eigenvalue weighted by atomic mass is 32.2. The van der Waals surface area contributed by atoms with Gasteiger partial charge in [-0.2, -0.15) is 5.26 Å². The lowest BCUT2D eigenvalue weighted by molar-refractivity contribution is -0.115. The molecule has 2 aromatic rings. The molecule has 118 valence electrons. The zero-order valence-electron chi connectivity index (χ0n) is 13.5. The number of amides is 1. The number of nitrogens with zero attached hydrogens (tertiary/aromatic N) is 2. The van der Waals surface area contributed by atoms with Crippen LogP contribution in [0.15, 0.2) is 35.4 Å². The second kappa shape index (κ2) is 7.80. The lowest BCUT2D eigenvalue weighted by atomic mass is 10.1. The van der Waals surface area contributed by atoms with Crippen molar-refractivity contribution in [1.29, 1.82) is 5.26 Å². The third kappa shape index (κ3) is 4.83. The van der Waals surface area contributed by atoms with E-state index in [1.165, 1.54) is 11.8 Å². The van der Waals surface area contributed by atoms with Crippen molar-refractivity contribution in [3.05, 3.63) is 52.7 Å². The molecule has 4 nitrogen and oxygen atoms in total. The van der Waals surface area contributed by atoms with Crippen molar-refractivity contribution in [2.45, 2.75) is 32.2 Å². The van der Waals surface area contributed by atoms with Gasteiger partial charge < -0.3 is 5.32 Å². The number of hydrogen-bond acceptors (Lipinski definition) is 4. The quantitative estimate of drug-likeness (QED) is 0.844. The van der Waals surface area contributed by atoms with Crippen LogP contribution in [-0.4, -0.2) is 16.6 Å². The van der Waals surface area contributed by atoms with Gasteiger partial charge in [-0.15, -0.1) is 11.8 Å². The van der Waals surface area contributed by atoms with Gasteiger partial charge >= 0.3 is 0 Å². The highest BCUT2D eigenvalue weighted by molar-refractivity contribution is 7.99. The molecular weight excluding hydrogens is 306 g/mol. The number of carbonyl (C=O) groups is 1. The van der Waals surface area contributed by atoms with Crippen LogP contribution < -0.4 is 5.32 Å². The number of anilines is 1. The molecule has 0 radical (unpaired) electrons. The normalized spacial score (nSPS) is 10.2. The van der Waals surface area contributed by atoms with E-state index >= 15 is 0 Å². The van der Waals surface area contributed by atoms with Crippen molar-refractivity contribution in [2.24, 2.45) is 0 Å². The minimum absolute atomic E-state index is 0.0302. The molecule has 0 saturated carbocycles. The molecule has 1 N–H and O–H groups in total. The summed E-state index contributed by atoms with van der Waals surface area (Å²) in [4.78, 5) is 16.4. The van der Waals surface area contributed by atoms with Crippen LogP contribution in [0.1, 0.15) is 28.8 Å². The average molecular weight is 325 g/mol. The van der Waals surface area contributed by atoms with E-state index in [4.69, 9.17) is 5.26 Å². The minimum Gasteiger partial charge on any atom is -0.326 e. The first kappa shape index (κ1) is 17.0. The van der Waals surface area contributed by atoms with Gasteiger partial charge in [0, 0.05) is 23.6 Å². The maximum Gasteiger partial charge on any atom is 0.225 e. The Kier molecular flexibility index (Phi) is 5.78. The average Bonchev–Trinajstić information content (AvgIpc) is 2.51. The van der Waals surface area contributed by atoms with Gasteiger partial charge in [0.05, 0.1) is 5.56 Å². The van der Waals surface area contributed by atoms with Gasteiger partial charge in [-0.3, -0.25) is 4.79 Å². The summed E-state index contributed by atoms with van der Waals surface area (Å²) in [5.74, 6) is 0.555. The molecule has 0 bridgehead atoms. The number of pyridine rings is 1. The van der Waals surface area contributed by atoms with Gasteiger partial charge in [-0.25, -0.2) is 4.98 Å². The van der Waals surface area contributed by atoms with Gasteiger partial charge in [0.15, 0.2) is 0 Å². The zero-order chi connectivity index (χ0) is 16.8. The molecular formula is C18H19N3OS. The van der Waals surface area contributed by atoms with Gasteiger partial charge in [0.2, 0.25) is 5.91 Å². The van der Waals surface area contributed by atoms with Crippen LogP contribution in [0.25, 0.3) is 0 Å². The summed E-state index contributed by atoms with van der Waals surface area (Å²) < 4.78 is 0. The Balaban J connectivity index is 1.92. The second-order valence-electron chi connectivity index (χ2n) is 5.38. The van der Waals surface area contributed by atoms with Gasteiger partial charge in [-0.05, 0) is 50.1 Å². The summed E-state index contributed by atoms with van der Waals surface area (Å²) in [7, 11) is 0. The van der Waals surface area contributed by atoms with E-state index in [1.807, 2.05) is 45.0 Å². The van der Waals surface area contributed by atoms with Crippen molar-refractivity contribution in [1.82, 2.24) is 4.98 Å². The second-order valence-corrected chi connectivity index (χ2v) is 6.47. The summed E-state index contributed by atoms with van der Waals surface area (Å²) in [6.45, 7) is 5.86. The molecule has 1 aromatic carbocycles. The number of aryl methyl sites for hydroxylation is 3. The number of rotatable bonds is 5. The molecule has 0 fully saturated rings. The molecule has 0 aliphatic heterocycles. The van der Waals surface area contributed by atoms with Crippen molar-refractivity contribution in [3.63, 3.8) is 0 Å². The first-order valence-electron chi connectivity index (χ1n) is 7.37. The molecule has 0 unspecified atom stereocenters. The molecule has 5 heteroatoms. The van der Waals surface area contributed by atoms with Crippen molar-refractivity contribution >= 4 is 23.4 Å². The summed E-state index contributed by atoms with van der Waals surface area (Å²) in [5.41, 5.74) is 4.43. The van der Waals surface area contributed by atoms with Crippen LogP contribution in [0.2, 0.25) is 0 Å². The van der Waals surface area contributed by atoms with Gasteiger partial charge in [0.25, 0.3) is 0 Å². The lowest BCUT2D eigenvalue weighted by Crippen LogP contribution is -2.13. The SMILES string of the molecule is Cc1ccc(C)c(NC(=O)CCSc2nc(C)ccc2C#N)c1. The number of benzene rings is 1. The molecule has 1 heterocycles. The van der Waals surface area contributed by atoms with E-state index in [0.29, 0.717) is 22.8 Å². The fourth-order valence-electron chi connectivity index (χ4n) is 2.05. The van der Waals surface area contributed by atoms with Crippen LogP contribution in [0.5, 0.6) is 0 Å². The summed E-state index contributed by atoms with van der Waals surface area (Å²) in [6.07, 6.45) is 0.374. The third-order valence-corrected chi connectivity index (χ3v) is 4.35. The van der Waals surface area contributed by atoms with Gasteiger partial charge in [-0.1, -0.05) is 12.1 Å². The molecule has 0 aliphatic carbocycles. The fourth-order valence-corrected chi connectivity index (χ4v) is 3.01. The fraction of sp³-hybridized carbons (Fsp3) is 0.278. The Labute approximate surface area is 140 Å². The largest absolute Gasteiger partial charge is 0.326 e. The molecule has 0 saturated heterocycles. The van der Waals surface area contributed by atoms with Crippen molar-refractivity contribution < 1.29 is 4.79 Å². The summed E-state index contributed by atoms with van der Waals surface area (Å²) in [6, 6.07) is 11.7. The Morgan fingerprint density at radius 2 is 2.04 bits per heavy atom. The van der Waals surface area contributed by atoms with Crippen LogP contribution in [-0.2, 0) is 4.79 Å². The van der Waals surface area contributed by atoms with Crippen LogP contribution in [0.3, 0.4) is 0 Å². The number of nitriles is 1. The standard InChI is InChI=1S/C18H19N3OS/c1-12-4-5-13(2)16(10-12)21-17(22)8-9-23-18-15(11-19)7-6-14(3)20-18/h4-7,10H,8-9H2,1-3H3,(H,21,22). The Morgan fingerprint density at radius 1 is 1.26 bits per heavy atom. The predicted octanol–water partition coefficient (Wildman–Crippen LogP) is 4.00. The predicted molar refractivity (Wildman–Crippen MR) is 93.6 cm³/mol. The number of nitrogens with one attached hydrogen (secondary N) is 1. The van der Waals surface area contributed by atoms with Crippen molar-refractivity contribution in [3.8, 4) is 6.07 Å². The maximum absolute atomic E-state index is 12.1. The topological polar surface area (TPSA) is 65.8 Å². The zero-order valence-corrected chi connectivity index (χ0v) is 14.3. The van der Waals surface area contributed by atoms with E-state index in [9.17, 15) is 4.79 Å². The third-order valence-electron chi connectivity index (χ3n) is 3.36. The number of thioether (sulfide) groups is 1. The van der Waals surface area contributed by atoms with Crippen LogP contribution in [0.4, 0.5) is 5.69 Å². The van der Waals surface area contributed by atoms with Crippen LogP contribution >= 0.6 is 11.8 Å². The van der Waals surface area contributed by atoms with Crippen LogP contribution in [0, 0.1) is 32.1 Å². The smallest absolute Gasteiger partial charge is 0.225 e. The highest BCUT2D eigenvalue weighted by Gasteiger charge is 2.08. The number of aromatic nitrogens is 1. The monoisotopic (exact) mass is 325 g/mol. The van der Waals surface area contributed by atoms with E-state index in [0.717, 1.165) is 22.5 Å².